The number of benzene rings is 4. The first-order valence-electron chi connectivity index (χ1n) is 14.5. The second-order valence-electron chi connectivity index (χ2n) is 12.6. The summed E-state index contributed by atoms with van der Waals surface area (Å²) < 4.78 is 18.9. The monoisotopic (exact) mass is 736 g/mol. The molecule has 2 N–H and O–H groups in total. The minimum atomic E-state index is -0.274. The summed E-state index contributed by atoms with van der Waals surface area (Å²) in [6, 6.07) is 25.8. The second-order valence-corrected chi connectivity index (χ2v) is 14.3. The summed E-state index contributed by atoms with van der Waals surface area (Å²) in [4.78, 5) is 24.9. The molecule has 0 unspecified atom stereocenters. The molecule has 2 amide bonds. The Bertz CT molecular complexity index is 1520. The minimum Gasteiger partial charge on any atom is -0.483 e. The molecule has 0 bridgehead atoms. The van der Waals surface area contributed by atoms with Crippen LogP contribution in [0, 0.1) is 0 Å². The van der Waals surface area contributed by atoms with Gasteiger partial charge < -0.3 is 24.8 Å². The van der Waals surface area contributed by atoms with E-state index in [9.17, 15) is 9.59 Å². The molecule has 4 aromatic rings. The van der Waals surface area contributed by atoms with Crippen molar-refractivity contribution in [2.45, 2.75) is 52.4 Å². The van der Waals surface area contributed by atoms with E-state index in [0.717, 1.165) is 8.95 Å². The maximum absolute atomic E-state index is 12.5. The van der Waals surface area contributed by atoms with Crippen LogP contribution in [-0.2, 0) is 20.4 Å². The number of amides is 2. The molecule has 0 aromatic heterocycles. The molecule has 7 nitrogen and oxygen atoms in total. The minimum absolute atomic E-state index is 0.0176. The van der Waals surface area contributed by atoms with Crippen molar-refractivity contribution in [3.8, 4) is 23.0 Å². The predicted octanol–water partition coefficient (Wildman–Crippen LogP) is 9.63. The van der Waals surface area contributed by atoms with Crippen LogP contribution >= 0.6 is 31.9 Å². The second kappa shape index (κ2) is 14.5. The number of rotatable bonds is 10. The van der Waals surface area contributed by atoms with E-state index in [1.165, 1.54) is 11.1 Å². The zero-order chi connectivity index (χ0) is 32.8. The molecule has 0 saturated carbocycles. The zero-order valence-electron chi connectivity index (χ0n) is 26.3. The fourth-order valence-electron chi connectivity index (χ4n) is 4.20. The van der Waals surface area contributed by atoms with Gasteiger partial charge in [0.25, 0.3) is 11.8 Å². The highest BCUT2D eigenvalue weighted by atomic mass is 79.9. The fraction of sp³-hybridized carbons (Fsp3) is 0.278. The lowest BCUT2D eigenvalue weighted by Gasteiger charge is -2.20. The number of carbonyl (C=O) groups is 2. The molecule has 45 heavy (non-hydrogen) atoms. The average molecular weight is 739 g/mol. The Morgan fingerprint density at radius 1 is 0.578 bits per heavy atom. The molecule has 0 atom stereocenters. The molecule has 0 aliphatic heterocycles. The highest BCUT2D eigenvalue weighted by Crippen LogP contribution is 2.33. The molecule has 0 saturated heterocycles. The summed E-state index contributed by atoms with van der Waals surface area (Å²) in [6.07, 6.45) is 0. The largest absolute Gasteiger partial charge is 0.483 e. The van der Waals surface area contributed by atoms with Gasteiger partial charge in [0, 0.05) is 11.4 Å². The molecule has 0 aliphatic carbocycles. The van der Waals surface area contributed by atoms with Crippen molar-refractivity contribution >= 4 is 55.0 Å². The molecule has 4 rings (SSSR count). The molecule has 0 aliphatic rings. The number of ether oxygens (including phenoxy) is 3. The van der Waals surface area contributed by atoms with Crippen LogP contribution in [0.5, 0.6) is 23.0 Å². The van der Waals surface area contributed by atoms with Crippen molar-refractivity contribution in [1.29, 1.82) is 0 Å². The summed E-state index contributed by atoms with van der Waals surface area (Å²) in [7, 11) is 0. The van der Waals surface area contributed by atoms with Crippen LogP contribution < -0.4 is 24.8 Å². The lowest BCUT2D eigenvalue weighted by molar-refractivity contribution is -0.118. The van der Waals surface area contributed by atoms with Gasteiger partial charge in [-0.25, -0.2) is 0 Å². The fourth-order valence-corrected chi connectivity index (χ4v) is 5.18. The SMILES string of the molecule is CC(C)(C)c1ccc(OCC(=O)Nc2ccc(Oc3ccc(NC(=O)COc4ccc(C(C)(C)C)cc4Br)cc3)cc2)c(Br)c1. The van der Waals surface area contributed by atoms with Gasteiger partial charge in [0.15, 0.2) is 13.2 Å². The van der Waals surface area contributed by atoms with Gasteiger partial charge in [-0.2, -0.15) is 0 Å². The Labute approximate surface area is 281 Å². The van der Waals surface area contributed by atoms with Crippen LogP contribution in [0.2, 0.25) is 0 Å². The number of halogens is 2. The molecule has 0 radical (unpaired) electrons. The first-order valence-corrected chi connectivity index (χ1v) is 16.1. The smallest absolute Gasteiger partial charge is 0.262 e. The quantitative estimate of drug-likeness (QED) is 0.169. The predicted molar refractivity (Wildman–Crippen MR) is 187 cm³/mol. The van der Waals surface area contributed by atoms with E-state index in [1.807, 2.05) is 36.4 Å². The first kappa shape index (κ1) is 34.1. The third kappa shape index (κ3) is 10.1. The lowest BCUT2D eigenvalue weighted by Crippen LogP contribution is -2.20. The molecular formula is C36H38Br2N2O5. The lowest BCUT2D eigenvalue weighted by atomic mass is 9.87. The van der Waals surface area contributed by atoms with Crippen LogP contribution in [0.25, 0.3) is 0 Å². The van der Waals surface area contributed by atoms with Crippen LogP contribution in [0.1, 0.15) is 52.7 Å². The van der Waals surface area contributed by atoms with E-state index in [0.29, 0.717) is 34.4 Å². The van der Waals surface area contributed by atoms with Crippen molar-refractivity contribution in [3.63, 3.8) is 0 Å². The van der Waals surface area contributed by atoms with E-state index < -0.39 is 0 Å². The van der Waals surface area contributed by atoms with Crippen LogP contribution in [0.3, 0.4) is 0 Å². The van der Waals surface area contributed by atoms with Crippen molar-refractivity contribution < 1.29 is 23.8 Å². The topological polar surface area (TPSA) is 85.9 Å². The Morgan fingerprint density at radius 2 is 0.933 bits per heavy atom. The Morgan fingerprint density at radius 3 is 1.24 bits per heavy atom. The van der Waals surface area contributed by atoms with Gasteiger partial charge >= 0.3 is 0 Å². The number of carbonyl (C=O) groups excluding carboxylic acids is 2. The summed E-state index contributed by atoms with van der Waals surface area (Å²) in [5.74, 6) is 1.86. The number of nitrogens with one attached hydrogen (secondary N) is 2. The third-order valence-electron chi connectivity index (χ3n) is 6.83. The molecule has 0 heterocycles. The molecule has 236 valence electrons. The molecule has 9 heteroatoms. The normalized spacial score (nSPS) is 11.5. The highest BCUT2D eigenvalue weighted by Gasteiger charge is 2.17. The molecular weight excluding hydrogens is 700 g/mol. The van der Waals surface area contributed by atoms with E-state index in [-0.39, 0.29) is 35.9 Å². The number of anilines is 2. The van der Waals surface area contributed by atoms with Crippen molar-refractivity contribution in [2.75, 3.05) is 23.8 Å². The van der Waals surface area contributed by atoms with Gasteiger partial charge in [0.2, 0.25) is 0 Å². The van der Waals surface area contributed by atoms with Crippen molar-refractivity contribution in [2.24, 2.45) is 0 Å². The maximum atomic E-state index is 12.5. The van der Waals surface area contributed by atoms with Gasteiger partial charge in [0.05, 0.1) is 8.95 Å². The van der Waals surface area contributed by atoms with Gasteiger partial charge in [0.1, 0.15) is 23.0 Å². The molecule has 4 aromatic carbocycles. The molecule has 0 spiro atoms. The van der Waals surface area contributed by atoms with E-state index in [2.05, 4.69) is 84.0 Å². The Kier molecular flexibility index (Phi) is 11.0. The van der Waals surface area contributed by atoms with E-state index in [1.54, 1.807) is 48.5 Å². The van der Waals surface area contributed by atoms with Crippen LogP contribution in [0.4, 0.5) is 11.4 Å². The van der Waals surface area contributed by atoms with Crippen molar-refractivity contribution in [3.05, 3.63) is 105 Å². The van der Waals surface area contributed by atoms with Gasteiger partial charge in [-0.3, -0.25) is 9.59 Å². The van der Waals surface area contributed by atoms with E-state index >= 15 is 0 Å². The zero-order valence-corrected chi connectivity index (χ0v) is 29.5. The first-order chi connectivity index (χ1) is 21.2. The number of hydrogen-bond acceptors (Lipinski definition) is 5. The van der Waals surface area contributed by atoms with Gasteiger partial charge in [-0.15, -0.1) is 0 Å². The molecule has 0 fully saturated rings. The van der Waals surface area contributed by atoms with E-state index in [4.69, 9.17) is 14.2 Å². The maximum Gasteiger partial charge on any atom is 0.262 e. The number of hydrogen-bond donors (Lipinski definition) is 2. The summed E-state index contributed by atoms with van der Waals surface area (Å²) >= 11 is 7.07. The summed E-state index contributed by atoms with van der Waals surface area (Å²) in [5.41, 5.74) is 3.62. The summed E-state index contributed by atoms with van der Waals surface area (Å²) in [6.45, 7) is 12.6. The Hall–Kier alpha value is -3.82. The Balaban J connectivity index is 1.22. The summed E-state index contributed by atoms with van der Waals surface area (Å²) in [5, 5.41) is 5.66. The van der Waals surface area contributed by atoms with Crippen LogP contribution in [0.15, 0.2) is 93.9 Å². The standard InChI is InChI=1S/C36H38Br2N2O5/c1-35(2,3)23-7-17-31(29(37)19-23)43-21-33(41)39-25-9-13-27(14-10-25)45-28-15-11-26(12-16-28)40-34(42)22-44-32-18-8-24(20-30(32)38)36(4,5)6/h7-20H,21-22H2,1-6H3,(H,39,41)(H,40,42). The van der Waals surface area contributed by atoms with Crippen LogP contribution in [-0.4, -0.2) is 25.0 Å². The van der Waals surface area contributed by atoms with Gasteiger partial charge in [-0.1, -0.05) is 53.7 Å². The highest BCUT2D eigenvalue weighted by molar-refractivity contribution is 9.10. The third-order valence-corrected chi connectivity index (χ3v) is 8.06. The van der Waals surface area contributed by atoms with Crippen molar-refractivity contribution in [1.82, 2.24) is 0 Å². The van der Waals surface area contributed by atoms with Gasteiger partial charge in [-0.05, 0) is 127 Å². The average Bonchev–Trinajstić information content (AvgIpc) is 2.97.